The number of thioether (sulfide) groups is 2. The van der Waals surface area contributed by atoms with Crippen LogP contribution in [0.4, 0.5) is 0 Å². The topological polar surface area (TPSA) is 146 Å². The molecule has 0 saturated carbocycles. The van der Waals surface area contributed by atoms with E-state index in [9.17, 15) is 14.4 Å². The molecule has 0 aliphatic carbocycles. The summed E-state index contributed by atoms with van der Waals surface area (Å²) in [5, 5.41) is 8.99. The fraction of sp³-hybridized carbons (Fsp3) is 0.535. The van der Waals surface area contributed by atoms with Crippen LogP contribution in [-0.4, -0.2) is 90.8 Å². The Morgan fingerprint density at radius 1 is 0.807 bits per heavy atom. The highest BCUT2D eigenvalue weighted by molar-refractivity contribution is 8.00. The van der Waals surface area contributed by atoms with Crippen molar-refractivity contribution in [2.24, 2.45) is 5.41 Å². The second kappa shape index (κ2) is 24.1. The molecule has 4 rings (SSSR count). The van der Waals surface area contributed by atoms with E-state index in [-0.39, 0.29) is 65.3 Å². The van der Waals surface area contributed by atoms with E-state index >= 15 is 0 Å². The van der Waals surface area contributed by atoms with Crippen molar-refractivity contribution in [1.29, 1.82) is 0 Å². The molecule has 12 nitrogen and oxygen atoms in total. The quantitative estimate of drug-likeness (QED) is 0.0548. The molecular formula is C43H60N4O8S2. The average molecular weight is 825 g/mol. The Morgan fingerprint density at radius 2 is 1.51 bits per heavy atom. The van der Waals surface area contributed by atoms with Gasteiger partial charge in [0.05, 0.1) is 23.8 Å². The average Bonchev–Trinajstić information content (AvgIpc) is 3.68. The van der Waals surface area contributed by atoms with E-state index in [1.54, 1.807) is 0 Å². The van der Waals surface area contributed by atoms with Gasteiger partial charge in [0, 0.05) is 50.4 Å². The standard InChI is InChI=1S/C43H60N4O8S2/c1-7-51-30(3)56-26-40(49)44-25-35(46-41(50)27-57-31(4)52-8-2)17-19-39(48)45-28-43(5,6)20-12-13-21-53-42-24-34(22-36(47-42)32-14-10-9-11-15-32)33-16-18-37-38(23-33)55-29-54-37/h9-11,14-16,18,22-24,30-31,35H,7-8,12-13,17,19-21,25-29H2,1-6H3,(H,44,49)(H,45,48)(H,46,50). The molecule has 1 aliphatic heterocycles. The van der Waals surface area contributed by atoms with Gasteiger partial charge in [-0.2, -0.15) is 0 Å². The van der Waals surface area contributed by atoms with Crippen LogP contribution < -0.4 is 30.2 Å². The van der Waals surface area contributed by atoms with Crippen LogP contribution in [0.25, 0.3) is 22.4 Å². The largest absolute Gasteiger partial charge is 0.478 e. The number of nitrogens with one attached hydrogen (secondary N) is 3. The van der Waals surface area contributed by atoms with E-state index in [4.69, 9.17) is 28.7 Å². The van der Waals surface area contributed by atoms with E-state index < -0.39 is 6.04 Å². The van der Waals surface area contributed by atoms with Gasteiger partial charge in [0.25, 0.3) is 0 Å². The summed E-state index contributed by atoms with van der Waals surface area (Å²) >= 11 is 2.81. The summed E-state index contributed by atoms with van der Waals surface area (Å²) in [4.78, 5) is 43.1. The van der Waals surface area contributed by atoms with Gasteiger partial charge < -0.3 is 39.6 Å². The fourth-order valence-corrected chi connectivity index (χ4v) is 7.44. The second-order valence-corrected chi connectivity index (χ2v) is 17.1. The minimum Gasteiger partial charge on any atom is -0.478 e. The number of nitrogens with zero attached hydrogens (tertiary/aromatic N) is 1. The number of pyridine rings is 1. The van der Waals surface area contributed by atoms with Crippen molar-refractivity contribution < 1.29 is 38.1 Å². The number of amides is 3. The zero-order valence-corrected chi connectivity index (χ0v) is 35.9. The van der Waals surface area contributed by atoms with E-state index in [0.29, 0.717) is 38.7 Å². The van der Waals surface area contributed by atoms with Gasteiger partial charge in [-0.25, -0.2) is 4.98 Å². The first-order chi connectivity index (χ1) is 27.4. The lowest BCUT2D eigenvalue weighted by atomic mass is 9.87. The van der Waals surface area contributed by atoms with Crippen LogP contribution in [0.1, 0.15) is 73.6 Å². The monoisotopic (exact) mass is 824 g/mol. The van der Waals surface area contributed by atoms with Crippen molar-refractivity contribution in [1.82, 2.24) is 20.9 Å². The summed E-state index contributed by atoms with van der Waals surface area (Å²) in [6, 6.07) is 19.6. The highest BCUT2D eigenvalue weighted by atomic mass is 32.2. The molecule has 0 radical (unpaired) electrons. The van der Waals surface area contributed by atoms with Gasteiger partial charge in [-0.05, 0) is 88.1 Å². The lowest BCUT2D eigenvalue weighted by Crippen LogP contribution is -2.45. The summed E-state index contributed by atoms with van der Waals surface area (Å²) in [7, 11) is 0. The molecule has 57 heavy (non-hydrogen) atoms. The Balaban J connectivity index is 1.23. The maximum atomic E-state index is 13.0. The number of hydrogen-bond acceptors (Lipinski definition) is 11. The molecule has 1 aliphatic rings. The van der Waals surface area contributed by atoms with Crippen LogP contribution in [0.5, 0.6) is 17.4 Å². The summed E-state index contributed by atoms with van der Waals surface area (Å²) in [5.74, 6) is 2.06. The van der Waals surface area contributed by atoms with E-state index in [2.05, 4.69) is 35.9 Å². The van der Waals surface area contributed by atoms with Crippen molar-refractivity contribution in [2.75, 3.05) is 51.2 Å². The lowest BCUT2D eigenvalue weighted by Gasteiger charge is -2.25. The van der Waals surface area contributed by atoms with Gasteiger partial charge in [-0.15, -0.1) is 23.5 Å². The fourth-order valence-electron chi connectivity index (χ4n) is 6.02. The number of aromatic nitrogens is 1. The van der Waals surface area contributed by atoms with Crippen LogP contribution in [0.2, 0.25) is 0 Å². The molecule has 3 aromatic rings. The van der Waals surface area contributed by atoms with Gasteiger partial charge in [0.1, 0.15) is 10.9 Å². The van der Waals surface area contributed by atoms with E-state index in [1.807, 2.05) is 82.3 Å². The molecule has 3 amide bonds. The molecule has 0 spiro atoms. The maximum absolute atomic E-state index is 13.0. The highest BCUT2D eigenvalue weighted by Crippen LogP contribution is 2.37. The van der Waals surface area contributed by atoms with Gasteiger partial charge in [0.15, 0.2) is 11.5 Å². The predicted molar refractivity (Wildman–Crippen MR) is 229 cm³/mol. The molecule has 3 atom stereocenters. The number of carbonyl (C=O) groups is 3. The third-order valence-corrected chi connectivity index (χ3v) is 11.2. The van der Waals surface area contributed by atoms with Crippen molar-refractivity contribution in [3.8, 4) is 39.8 Å². The summed E-state index contributed by atoms with van der Waals surface area (Å²) in [5.41, 5.74) is 3.44. The maximum Gasteiger partial charge on any atom is 0.231 e. The summed E-state index contributed by atoms with van der Waals surface area (Å²) in [6.07, 6.45) is 3.22. The van der Waals surface area contributed by atoms with Gasteiger partial charge in [-0.3, -0.25) is 14.4 Å². The van der Waals surface area contributed by atoms with Crippen molar-refractivity contribution >= 4 is 41.2 Å². The Morgan fingerprint density at radius 3 is 2.23 bits per heavy atom. The molecule has 0 fully saturated rings. The highest BCUT2D eigenvalue weighted by Gasteiger charge is 2.21. The number of ether oxygens (including phenoxy) is 5. The third kappa shape index (κ3) is 16.8. The van der Waals surface area contributed by atoms with Gasteiger partial charge in [-0.1, -0.05) is 50.2 Å². The molecule has 2 heterocycles. The molecule has 14 heteroatoms. The minimum atomic E-state index is -0.395. The second-order valence-electron chi connectivity index (χ2n) is 14.5. The molecule has 1 aromatic heterocycles. The lowest BCUT2D eigenvalue weighted by molar-refractivity contribution is -0.123. The smallest absolute Gasteiger partial charge is 0.231 e. The first-order valence-corrected chi connectivity index (χ1v) is 21.9. The molecule has 3 unspecified atom stereocenters. The number of benzene rings is 2. The predicted octanol–water partition coefficient (Wildman–Crippen LogP) is 7.45. The van der Waals surface area contributed by atoms with Crippen LogP contribution in [0, 0.1) is 5.41 Å². The van der Waals surface area contributed by atoms with Crippen molar-refractivity contribution in [3.63, 3.8) is 0 Å². The van der Waals surface area contributed by atoms with Crippen molar-refractivity contribution in [2.45, 2.75) is 90.6 Å². The summed E-state index contributed by atoms with van der Waals surface area (Å²) in [6.45, 7) is 14.5. The number of carbonyl (C=O) groups excluding carboxylic acids is 3. The minimum absolute atomic E-state index is 0.0930. The van der Waals surface area contributed by atoms with Crippen LogP contribution in [0.3, 0.4) is 0 Å². The molecule has 0 bridgehead atoms. The summed E-state index contributed by atoms with van der Waals surface area (Å²) < 4.78 is 28.3. The third-order valence-electron chi connectivity index (χ3n) is 9.17. The first-order valence-electron chi connectivity index (χ1n) is 19.8. The number of fused-ring (bicyclic) bond motifs is 1. The van der Waals surface area contributed by atoms with Gasteiger partial charge >= 0.3 is 0 Å². The molecular weight excluding hydrogens is 765 g/mol. The number of unbranched alkanes of at least 4 members (excludes halogenated alkanes) is 1. The van der Waals surface area contributed by atoms with E-state index in [1.165, 1.54) is 23.5 Å². The van der Waals surface area contributed by atoms with E-state index in [0.717, 1.165) is 53.1 Å². The first kappa shape index (κ1) is 45.7. The molecule has 3 N–H and O–H groups in total. The zero-order chi connectivity index (χ0) is 41.0. The van der Waals surface area contributed by atoms with Crippen LogP contribution in [-0.2, 0) is 23.9 Å². The molecule has 0 saturated heterocycles. The van der Waals surface area contributed by atoms with Crippen LogP contribution in [0.15, 0.2) is 60.7 Å². The Bertz CT molecular complexity index is 1710. The molecule has 2 aromatic carbocycles. The van der Waals surface area contributed by atoms with Crippen LogP contribution >= 0.6 is 23.5 Å². The Kier molecular flexibility index (Phi) is 19.3. The number of rotatable bonds is 26. The Labute approximate surface area is 346 Å². The Hall–Kier alpha value is -3.98. The zero-order valence-electron chi connectivity index (χ0n) is 34.2. The van der Waals surface area contributed by atoms with Crippen molar-refractivity contribution in [3.05, 3.63) is 60.7 Å². The molecule has 312 valence electrons. The van der Waals surface area contributed by atoms with Gasteiger partial charge in [0.2, 0.25) is 30.4 Å². The number of hydrogen-bond donors (Lipinski definition) is 3. The normalized spacial score (nSPS) is 13.7. The SMILES string of the molecule is CCOC(C)SCC(=O)NCC(CCC(=O)NCC(C)(C)CCCCOc1cc(-c2ccc3c(c2)OCO3)cc(-c2ccccc2)n1)NC(=O)CSC(C)OCC.